The van der Waals surface area contributed by atoms with E-state index in [1.54, 1.807) is 6.07 Å². The summed E-state index contributed by atoms with van der Waals surface area (Å²) in [4.78, 5) is 19.1. The minimum Gasteiger partial charge on any atom is -0.477 e. The number of hydrogen-bond acceptors (Lipinski definition) is 4. The second-order valence-electron chi connectivity index (χ2n) is 4.36. The standard InChI is InChI=1S/C12H12N2O3/c15-12(16)9-6-5-8-11(14-9)17-10(13-8)7-3-1-2-4-7/h5-7H,1-4H2,(H,15,16). The van der Waals surface area contributed by atoms with Gasteiger partial charge in [-0.15, -0.1) is 0 Å². The lowest BCUT2D eigenvalue weighted by molar-refractivity contribution is 0.0690. The van der Waals surface area contributed by atoms with Gasteiger partial charge in [-0.25, -0.2) is 14.8 Å². The van der Waals surface area contributed by atoms with E-state index in [4.69, 9.17) is 9.52 Å². The van der Waals surface area contributed by atoms with E-state index < -0.39 is 5.97 Å². The van der Waals surface area contributed by atoms with Crippen LogP contribution in [-0.4, -0.2) is 21.0 Å². The van der Waals surface area contributed by atoms with Crippen molar-refractivity contribution in [1.29, 1.82) is 0 Å². The van der Waals surface area contributed by atoms with Crippen molar-refractivity contribution in [2.24, 2.45) is 0 Å². The summed E-state index contributed by atoms with van der Waals surface area (Å²) in [6.45, 7) is 0. The van der Waals surface area contributed by atoms with Crippen molar-refractivity contribution in [2.75, 3.05) is 0 Å². The molecule has 0 atom stereocenters. The van der Waals surface area contributed by atoms with Gasteiger partial charge in [0.25, 0.3) is 0 Å². The Morgan fingerprint density at radius 3 is 2.76 bits per heavy atom. The van der Waals surface area contributed by atoms with Crippen molar-refractivity contribution in [2.45, 2.75) is 31.6 Å². The van der Waals surface area contributed by atoms with Gasteiger partial charge < -0.3 is 9.52 Å². The number of rotatable bonds is 2. The molecule has 0 aromatic carbocycles. The molecule has 5 nitrogen and oxygen atoms in total. The molecule has 0 radical (unpaired) electrons. The topological polar surface area (TPSA) is 76.2 Å². The zero-order valence-electron chi connectivity index (χ0n) is 9.22. The van der Waals surface area contributed by atoms with Crippen LogP contribution in [0.25, 0.3) is 11.2 Å². The zero-order chi connectivity index (χ0) is 11.8. The van der Waals surface area contributed by atoms with Gasteiger partial charge >= 0.3 is 5.97 Å². The Labute approximate surface area is 97.5 Å². The Kier molecular flexibility index (Phi) is 2.31. The van der Waals surface area contributed by atoms with Crippen molar-refractivity contribution in [3.63, 3.8) is 0 Å². The normalized spacial score (nSPS) is 16.7. The van der Waals surface area contributed by atoms with Gasteiger partial charge in [-0.05, 0) is 25.0 Å². The highest BCUT2D eigenvalue weighted by atomic mass is 16.4. The van der Waals surface area contributed by atoms with E-state index in [0.717, 1.165) is 12.8 Å². The summed E-state index contributed by atoms with van der Waals surface area (Å²) in [5.74, 6) is 0.0238. The lowest BCUT2D eigenvalue weighted by Gasteiger charge is -2.00. The number of fused-ring (bicyclic) bond motifs is 1. The van der Waals surface area contributed by atoms with Crippen LogP contribution >= 0.6 is 0 Å². The molecule has 1 saturated carbocycles. The quantitative estimate of drug-likeness (QED) is 0.861. The van der Waals surface area contributed by atoms with E-state index in [1.807, 2.05) is 0 Å². The Hall–Kier alpha value is -1.91. The summed E-state index contributed by atoms with van der Waals surface area (Å²) in [5.41, 5.74) is 0.954. The monoisotopic (exact) mass is 232 g/mol. The van der Waals surface area contributed by atoms with Crippen molar-refractivity contribution in [3.8, 4) is 0 Å². The maximum Gasteiger partial charge on any atom is 0.354 e. The van der Waals surface area contributed by atoms with Crippen LogP contribution in [-0.2, 0) is 0 Å². The first-order chi connectivity index (χ1) is 8.24. The summed E-state index contributed by atoms with van der Waals surface area (Å²) in [6.07, 6.45) is 4.60. The van der Waals surface area contributed by atoms with Crippen LogP contribution in [0.5, 0.6) is 0 Å². The van der Waals surface area contributed by atoms with E-state index in [1.165, 1.54) is 18.9 Å². The third-order valence-corrected chi connectivity index (χ3v) is 3.20. The van der Waals surface area contributed by atoms with Crippen LogP contribution in [0.4, 0.5) is 0 Å². The number of carboxylic acid groups (broad SMARTS) is 1. The molecule has 0 bridgehead atoms. The second kappa shape index (κ2) is 3.84. The van der Waals surface area contributed by atoms with Crippen molar-refractivity contribution >= 4 is 17.2 Å². The highest BCUT2D eigenvalue weighted by Gasteiger charge is 2.23. The first-order valence-corrected chi connectivity index (χ1v) is 5.75. The highest BCUT2D eigenvalue weighted by molar-refractivity contribution is 5.87. The Balaban J connectivity index is 2.03. The van der Waals surface area contributed by atoms with E-state index in [2.05, 4.69) is 9.97 Å². The van der Waals surface area contributed by atoms with Gasteiger partial charge in [-0.3, -0.25) is 0 Å². The molecule has 0 unspecified atom stereocenters. The maximum atomic E-state index is 10.8. The summed E-state index contributed by atoms with van der Waals surface area (Å²) >= 11 is 0. The molecule has 3 rings (SSSR count). The molecule has 0 saturated heterocycles. The van der Waals surface area contributed by atoms with Crippen molar-refractivity contribution in [3.05, 3.63) is 23.7 Å². The Morgan fingerprint density at radius 2 is 2.06 bits per heavy atom. The van der Waals surface area contributed by atoms with Gasteiger partial charge in [0.15, 0.2) is 5.69 Å². The molecule has 1 aliphatic carbocycles. The zero-order valence-corrected chi connectivity index (χ0v) is 9.22. The first kappa shape index (κ1) is 10.3. The predicted octanol–water partition coefficient (Wildman–Crippen LogP) is 2.58. The molecule has 0 aliphatic heterocycles. The molecule has 5 heteroatoms. The Morgan fingerprint density at radius 1 is 1.29 bits per heavy atom. The van der Waals surface area contributed by atoms with Crippen LogP contribution in [0.15, 0.2) is 16.5 Å². The number of carboxylic acids is 1. The number of oxazole rings is 1. The molecule has 17 heavy (non-hydrogen) atoms. The molecule has 1 aliphatic rings. The van der Waals surface area contributed by atoms with Gasteiger partial charge in [0.05, 0.1) is 0 Å². The van der Waals surface area contributed by atoms with Gasteiger partial charge in [0, 0.05) is 5.92 Å². The fourth-order valence-electron chi connectivity index (χ4n) is 2.30. The average molecular weight is 232 g/mol. The molecule has 2 heterocycles. The number of aromatic nitrogens is 2. The number of aromatic carboxylic acids is 1. The van der Waals surface area contributed by atoms with Crippen molar-refractivity contribution in [1.82, 2.24) is 9.97 Å². The maximum absolute atomic E-state index is 10.8. The van der Waals surface area contributed by atoms with E-state index in [-0.39, 0.29) is 5.69 Å². The van der Waals surface area contributed by atoms with Crippen molar-refractivity contribution < 1.29 is 14.3 Å². The number of pyridine rings is 1. The first-order valence-electron chi connectivity index (χ1n) is 5.75. The number of hydrogen-bond donors (Lipinski definition) is 1. The fraction of sp³-hybridized carbons (Fsp3) is 0.417. The fourth-order valence-corrected chi connectivity index (χ4v) is 2.30. The summed E-state index contributed by atoms with van der Waals surface area (Å²) in [6, 6.07) is 3.10. The van der Waals surface area contributed by atoms with Crippen LogP contribution in [0, 0.1) is 0 Å². The molecule has 2 aromatic rings. The summed E-state index contributed by atoms with van der Waals surface area (Å²) in [7, 11) is 0. The third-order valence-electron chi connectivity index (χ3n) is 3.20. The number of nitrogens with zero attached hydrogens (tertiary/aromatic N) is 2. The lowest BCUT2D eigenvalue weighted by Crippen LogP contribution is -1.98. The smallest absolute Gasteiger partial charge is 0.354 e. The van der Waals surface area contributed by atoms with Gasteiger partial charge in [-0.2, -0.15) is 0 Å². The molecule has 1 N–H and O–H groups in total. The molecule has 2 aromatic heterocycles. The van der Waals surface area contributed by atoms with E-state index in [9.17, 15) is 4.79 Å². The van der Waals surface area contributed by atoms with Crippen LogP contribution in [0.1, 0.15) is 48.0 Å². The molecule has 1 fully saturated rings. The van der Waals surface area contributed by atoms with Gasteiger partial charge in [0.1, 0.15) is 5.52 Å². The largest absolute Gasteiger partial charge is 0.477 e. The van der Waals surface area contributed by atoms with Gasteiger partial charge in [-0.1, -0.05) is 12.8 Å². The molecule has 88 valence electrons. The highest BCUT2D eigenvalue weighted by Crippen LogP contribution is 2.34. The average Bonchev–Trinajstić information content (AvgIpc) is 2.96. The number of carbonyl (C=O) groups is 1. The third kappa shape index (κ3) is 1.77. The summed E-state index contributed by atoms with van der Waals surface area (Å²) in [5, 5.41) is 8.84. The van der Waals surface area contributed by atoms with Gasteiger partial charge in [0.2, 0.25) is 11.6 Å². The predicted molar refractivity (Wildman–Crippen MR) is 60.0 cm³/mol. The second-order valence-corrected chi connectivity index (χ2v) is 4.36. The molecular formula is C12H12N2O3. The lowest BCUT2D eigenvalue weighted by atomic mass is 10.1. The Bertz CT molecular complexity index is 570. The molecule has 0 amide bonds. The molecule has 0 spiro atoms. The minimum atomic E-state index is -1.05. The SMILES string of the molecule is O=C(O)c1ccc2nc(C3CCCC3)oc2n1. The van der Waals surface area contributed by atoms with Crippen LogP contribution in [0.2, 0.25) is 0 Å². The summed E-state index contributed by atoms with van der Waals surface area (Å²) < 4.78 is 5.56. The minimum absolute atomic E-state index is 0.00776. The molecular weight excluding hydrogens is 220 g/mol. The van der Waals surface area contributed by atoms with E-state index in [0.29, 0.717) is 23.0 Å². The van der Waals surface area contributed by atoms with E-state index >= 15 is 0 Å². The van der Waals surface area contributed by atoms with Crippen LogP contribution in [0.3, 0.4) is 0 Å². The van der Waals surface area contributed by atoms with Crippen LogP contribution < -0.4 is 0 Å².